The molecule has 2 aliphatic heterocycles. The Labute approximate surface area is 856 Å². The Kier molecular flexibility index (Phi) is 40.5. The molecule has 0 atom stereocenters. The van der Waals surface area contributed by atoms with E-state index in [1.807, 2.05) is 0 Å². The number of hydrogen-bond donors (Lipinski definition) is 2. The van der Waals surface area contributed by atoms with Crippen LogP contribution in [0.15, 0.2) is 194 Å². The van der Waals surface area contributed by atoms with Crippen LogP contribution in [0, 0.1) is 27.7 Å². The number of ketones is 3. The molecule has 0 saturated heterocycles. The second-order valence-corrected chi connectivity index (χ2v) is 32.9. The summed E-state index contributed by atoms with van der Waals surface area (Å²) in [5, 5.41) is 2.84. The average Bonchev–Trinajstić information content (AvgIpc) is 1.13. The van der Waals surface area contributed by atoms with E-state index >= 15 is 0 Å². The maximum atomic E-state index is 14.6. The molecule has 0 bridgehead atoms. The summed E-state index contributed by atoms with van der Waals surface area (Å²) in [4.78, 5) is 96.7. The Morgan fingerprint density at radius 1 is 0.322 bits per heavy atom. The van der Waals surface area contributed by atoms with Crippen LogP contribution in [0.4, 0.5) is 129 Å². The molecule has 0 aliphatic carbocycles. The SMILES string of the molecule is CCc1cc(C(F)(C(F)(F)F)C(F)(F)F)cc(C)c1CC(=O)c1ccc(CCl)cc1.CCc1cc(C(F)(C(F)(F)F)C(F)(F)F)cc(C)c1CC(=O)c1ccc(CN)cc1.CCc1cc(C(F)(C(F)(F)F)C(F)(F)F)cc(C)c1CC(=O)c1ccc(CN2C(=O)c3ccccc3C2=O)cc1.CCc1cc(C(F)(C(F)(F)F)C(F)(F)F)cc(C)c1N.O=C(Cl)c1ccc(CCl)cc1.O=C1[N-]C(=O)c2ccccc21.[K+]. The van der Waals surface area contributed by atoms with Crippen molar-refractivity contribution in [1.29, 1.82) is 0 Å². The van der Waals surface area contributed by atoms with E-state index in [0.717, 1.165) is 21.6 Å². The largest absolute Gasteiger partial charge is 1.00 e. The van der Waals surface area contributed by atoms with Crippen molar-refractivity contribution in [1.82, 2.24) is 4.90 Å². The van der Waals surface area contributed by atoms with Crippen LogP contribution in [0.2, 0.25) is 0 Å². The number of anilines is 1. The zero-order valence-electron chi connectivity index (χ0n) is 76.3. The minimum Gasteiger partial charge on any atom is -0.587 e. The Balaban J connectivity index is 0.000000275. The molecule has 10 aromatic carbocycles. The Bertz CT molecular complexity index is 6000. The molecule has 0 fully saturated rings. The number of nitrogens with two attached hydrogens (primary N) is 2. The fraction of sp³-hybridized carbons (Fsp3) is 0.313. The van der Waals surface area contributed by atoms with Crippen molar-refractivity contribution in [2.75, 3.05) is 5.73 Å². The Morgan fingerprint density at radius 2 is 0.552 bits per heavy atom. The number of carbonyl (C=O) groups is 8. The fourth-order valence-electron chi connectivity index (χ4n) is 14.8. The number of benzene rings is 10. The number of amides is 4. The van der Waals surface area contributed by atoms with E-state index in [1.165, 1.54) is 91.8 Å². The number of carbonyl (C=O) groups excluding carboxylic acids is 8. The predicted octanol–water partition coefficient (Wildman–Crippen LogP) is 25.4. The topological polar surface area (TPSA) is 206 Å². The van der Waals surface area contributed by atoms with Crippen LogP contribution in [-0.2, 0) is 92.5 Å². The van der Waals surface area contributed by atoms with Crippen LogP contribution in [0.1, 0.15) is 216 Å². The fourth-order valence-corrected chi connectivity index (χ4v) is 15.3. The van der Waals surface area contributed by atoms with Crippen LogP contribution >= 0.6 is 34.8 Å². The van der Waals surface area contributed by atoms with Gasteiger partial charge in [-0.25, -0.2) is 17.6 Å². The van der Waals surface area contributed by atoms with Crippen LogP contribution in [0.5, 0.6) is 0 Å². The molecule has 0 unspecified atom stereocenters. The second-order valence-electron chi connectivity index (χ2n) is 32.0. The summed E-state index contributed by atoms with van der Waals surface area (Å²) in [6, 6.07) is 42.7. The summed E-state index contributed by atoms with van der Waals surface area (Å²) in [6.45, 7) is 11.2. The second kappa shape index (κ2) is 47.8. The predicted molar refractivity (Wildman–Crippen MR) is 472 cm³/mol. The monoisotopic (exact) mass is 2130 g/mol. The van der Waals surface area contributed by atoms with E-state index in [4.69, 9.17) is 46.3 Å². The molecule has 2 aliphatic rings. The number of fused-ring (bicyclic) bond motifs is 2. The van der Waals surface area contributed by atoms with E-state index in [-0.39, 0.29) is 199 Å². The summed E-state index contributed by atoms with van der Waals surface area (Å²) < 4.78 is 370. The van der Waals surface area contributed by atoms with Gasteiger partial charge in [-0.15, -0.1) is 23.2 Å². The van der Waals surface area contributed by atoms with E-state index < -0.39 is 129 Å². The summed E-state index contributed by atoms with van der Waals surface area (Å²) in [5.74, 6) is -2.26. The molecule has 143 heavy (non-hydrogen) atoms. The zero-order valence-corrected chi connectivity index (χ0v) is 81.7. The summed E-state index contributed by atoms with van der Waals surface area (Å²) in [5.41, 5.74) is -10.5. The number of aryl methyl sites for hydroxylation is 8. The molecule has 44 heteroatoms. The van der Waals surface area contributed by atoms with Gasteiger partial charge in [0.1, 0.15) is 0 Å². The molecule has 12 nitrogen and oxygen atoms in total. The minimum atomic E-state index is -6.24. The zero-order chi connectivity index (χ0) is 107. The van der Waals surface area contributed by atoms with Gasteiger partial charge in [-0.05, 0) is 179 Å². The van der Waals surface area contributed by atoms with Gasteiger partial charge in [-0.2, -0.15) is 105 Å². The number of hydrogen-bond acceptors (Lipinski definition) is 10. The van der Waals surface area contributed by atoms with Crippen LogP contribution < -0.4 is 62.9 Å². The van der Waals surface area contributed by atoms with Crippen molar-refractivity contribution in [3.63, 3.8) is 0 Å². The third-order valence-corrected chi connectivity index (χ3v) is 23.6. The van der Waals surface area contributed by atoms with E-state index in [1.54, 1.807) is 109 Å². The number of imide groups is 2. The molecule has 0 saturated carbocycles. The van der Waals surface area contributed by atoms with Gasteiger partial charge >= 0.3 is 123 Å². The summed E-state index contributed by atoms with van der Waals surface area (Å²) in [7, 11) is 0. The van der Waals surface area contributed by atoms with Gasteiger partial charge in [0.05, 0.1) is 29.5 Å². The van der Waals surface area contributed by atoms with Crippen LogP contribution in [0.25, 0.3) is 5.32 Å². The van der Waals surface area contributed by atoms with Crippen molar-refractivity contribution in [2.24, 2.45) is 5.73 Å². The third kappa shape index (κ3) is 27.0. The summed E-state index contributed by atoms with van der Waals surface area (Å²) >= 11 is 16.5. The minimum absolute atomic E-state index is 0. The van der Waals surface area contributed by atoms with Gasteiger partial charge in [0.2, 0.25) is 0 Å². The van der Waals surface area contributed by atoms with Crippen molar-refractivity contribution in [2.45, 2.75) is 197 Å². The van der Waals surface area contributed by atoms with Crippen LogP contribution in [0.3, 0.4) is 0 Å². The maximum Gasteiger partial charge on any atom is 1.00 e. The van der Waals surface area contributed by atoms with Gasteiger partial charge in [0.15, 0.2) is 17.3 Å². The number of alkyl halides is 30. The molecule has 2 heterocycles. The average molecular weight is 2130 g/mol. The first-order valence-electron chi connectivity index (χ1n) is 41.9. The number of Topliss-reactive ketones (excluding diaryl/α,β-unsaturated/α-hetero) is 3. The molecule has 0 aromatic heterocycles. The number of nitrogen functional groups attached to an aromatic ring is 1. The van der Waals surface area contributed by atoms with Crippen LogP contribution in [-0.4, -0.2) is 101 Å². The van der Waals surface area contributed by atoms with Crippen molar-refractivity contribution in [3.8, 4) is 0 Å². The molecule has 12 rings (SSSR count). The normalized spacial score (nSPS) is 13.1. The van der Waals surface area contributed by atoms with Gasteiger partial charge in [-0.1, -0.05) is 191 Å². The molecule has 0 spiro atoms. The standard InChI is InChI=1S/C29H22F7NO3.C21H18ClF7O.C21H20F7NO.C12H12F7N.C8H6Cl2O.C8H5NO2.K/c1-3-18-13-20(27(30,28(31,32)33)29(34,35)36)12-16(2)23(18)14-24(38)19-10-8-17(9-11-19)15-37-25(39)21-6-4-5-7-22(21)26(37)40;1-3-14-9-16(19(23,20(24,25)26)21(27,28)29)8-12(2)17(14)10-18(30)15-6-4-13(11-22)5-7-15;1-3-14-9-16(19(22,20(23,24)25)21(26,27)28)8-12(2)17(14)10-18(30)15-6-4-13(11-29)5-7-15;1-3-7-5-8(4-6(2)9(7)20)10(13,11(14,15)16)12(17,18)19;9-5-6-1-3-7(4-2-6)8(10)11;10-7-5-3-1-2-4-6(5)8(11)9-7;/h4-13H,3,14-15H2,1-2H3;4-9H,3,10-11H2,1-2H3;4-9H,3,10-11,29H2,1-2H3;4-5H,3,20H2,1-2H3;1-4H,5H2;1-4H,(H,9,10,11);/q;;;;;;+1/p-1. The molecular formula is C99H82Cl3F28KN4O8. The van der Waals surface area contributed by atoms with Gasteiger partial charge < -0.3 is 26.4 Å². The first-order valence-corrected chi connectivity index (χ1v) is 43.3. The molecule has 4 N–H and O–H groups in total. The van der Waals surface area contributed by atoms with Gasteiger partial charge in [0, 0.05) is 98.9 Å². The van der Waals surface area contributed by atoms with Gasteiger partial charge in [0.25, 0.3) is 17.1 Å². The van der Waals surface area contributed by atoms with Crippen molar-refractivity contribution < 1.29 is 213 Å². The number of rotatable bonds is 23. The van der Waals surface area contributed by atoms with E-state index in [0.29, 0.717) is 98.9 Å². The quantitative estimate of drug-likeness (QED) is 0.0118. The summed E-state index contributed by atoms with van der Waals surface area (Å²) in [6.07, 6.45) is -50.2. The molecule has 764 valence electrons. The molecule has 0 radical (unpaired) electrons. The first kappa shape index (κ1) is 121. The van der Waals surface area contributed by atoms with Crippen molar-refractivity contribution in [3.05, 3.63) is 350 Å². The smallest absolute Gasteiger partial charge is 0.587 e. The number of nitrogens with zero attached hydrogens (tertiary/aromatic N) is 2. The Hall–Kier alpha value is -10.5. The van der Waals surface area contributed by atoms with E-state index in [9.17, 15) is 161 Å². The first-order chi connectivity index (χ1) is 65.5. The third-order valence-electron chi connectivity index (χ3n) is 22.8. The van der Waals surface area contributed by atoms with E-state index in [2.05, 4.69) is 5.32 Å². The van der Waals surface area contributed by atoms with Crippen molar-refractivity contribution >= 4 is 86.7 Å². The molecular weight excluding hydrogens is 2050 g/mol. The van der Waals surface area contributed by atoms with Gasteiger partial charge in [-0.3, -0.25) is 33.7 Å². The number of halogens is 31. The molecule has 4 amide bonds. The molecule has 10 aromatic rings. The maximum absolute atomic E-state index is 14.6. The Morgan fingerprint density at radius 3 is 0.790 bits per heavy atom.